The van der Waals surface area contributed by atoms with Gasteiger partial charge in [-0.25, -0.2) is 0 Å². The summed E-state index contributed by atoms with van der Waals surface area (Å²) in [7, 11) is 0. The average molecular weight is 277 g/mol. The Morgan fingerprint density at radius 1 is 1.45 bits per heavy atom. The van der Waals surface area contributed by atoms with Crippen molar-refractivity contribution in [2.24, 2.45) is 5.92 Å². The van der Waals surface area contributed by atoms with Crippen molar-refractivity contribution >= 4 is 23.9 Å². The van der Waals surface area contributed by atoms with Gasteiger partial charge < -0.3 is 10.0 Å². The fourth-order valence-electron chi connectivity index (χ4n) is 2.34. The van der Waals surface area contributed by atoms with Gasteiger partial charge in [-0.05, 0) is 13.0 Å². The van der Waals surface area contributed by atoms with Crippen LogP contribution in [0.4, 0.5) is 5.69 Å². The lowest BCUT2D eigenvalue weighted by atomic mass is 9.88. The van der Waals surface area contributed by atoms with Gasteiger partial charge in [0.25, 0.3) is 5.91 Å². The molecule has 0 saturated heterocycles. The standard InChI is InChI=1S/C13H15N3O4/c1-2-16-9-6-4-3-5-8(9)11(18)10(13(16)20)12(19)15-14-7-17/h3-7,10-11,18H,2H2,1H3,(H,14,17)(H,15,19). The highest BCUT2D eigenvalue weighted by atomic mass is 16.3. The van der Waals surface area contributed by atoms with E-state index in [0.29, 0.717) is 17.8 Å². The summed E-state index contributed by atoms with van der Waals surface area (Å²) in [5.41, 5.74) is 5.17. The van der Waals surface area contributed by atoms with E-state index in [4.69, 9.17) is 0 Å². The molecule has 0 bridgehead atoms. The average Bonchev–Trinajstić information content (AvgIpc) is 2.46. The largest absolute Gasteiger partial charge is 0.387 e. The quantitative estimate of drug-likeness (QED) is 0.392. The van der Waals surface area contributed by atoms with Crippen LogP contribution in [0.3, 0.4) is 0 Å². The van der Waals surface area contributed by atoms with E-state index in [9.17, 15) is 19.5 Å². The van der Waals surface area contributed by atoms with Crippen molar-refractivity contribution in [3.63, 3.8) is 0 Å². The van der Waals surface area contributed by atoms with E-state index in [1.807, 2.05) is 5.43 Å². The molecule has 3 amide bonds. The number of carbonyl (C=O) groups is 3. The molecule has 0 radical (unpaired) electrons. The smallest absolute Gasteiger partial charge is 0.254 e. The Balaban J connectivity index is 2.39. The number of aliphatic hydroxyl groups excluding tert-OH is 1. The number of carbonyl (C=O) groups excluding carboxylic acids is 3. The Kier molecular flexibility index (Phi) is 3.99. The Morgan fingerprint density at radius 2 is 2.15 bits per heavy atom. The second kappa shape index (κ2) is 5.70. The summed E-state index contributed by atoms with van der Waals surface area (Å²) < 4.78 is 0. The number of para-hydroxylation sites is 1. The van der Waals surface area contributed by atoms with Crippen LogP contribution in [-0.2, 0) is 14.4 Å². The van der Waals surface area contributed by atoms with Crippen molar-refractivity contribution in [3.05, 3.63) is 29.8 Å². The zero-order valence-corrected chi connectivity index (χ0v) is 10.9. The summed E-state index contributed by atoms with van der Waals surface area (Å²) >= 11 is 0. The third-order valence-electron chi connectivity index (χ3n) is 3.25. The summed E-state index contributed by atoms with van der Waals surface area (Å²) in [4.78, 5) is 35.9. The zero-order chi connectivity index (χ0) is 14.7. The summed E-state index contributed by atoms with van der Waals surface area (Å²) in [5, 5.41) is 10.3. The summed E-state index contributed by atoms with van der Waals surface area (Å²) in [6, 6.07) is 6.88. The Bertz CT molecular complexity index is 546. The Labute approximate surface area is 115 Å². The number of hydrogen-bond donors (Lipinski definition) is 3. The van der Waals surface area contributed by atoms with Gasteiger partial charge in [-0.15, -0.1) is 0 Å². The maximum absolute atomic E-state index is 12.3. The van der Waals surface area contributed by atoms with Crippen molar-refractivity contribution in [2.75, 3.05) is 11.4 Å². The molecular weight excluding hydrogens is 262 g/mol. The fourth-order valence-corrected chi connectivity index (χ4v) is 2.34. The zero-order valence-electron chi connectivity index (χ0n) is 10.9. The lowest BCUT2D eigenvalue weighted by Crippen LogP contribution is -2.52. The van der Waals surface area contributed by atoms with E-state index < -0.39 is 23.8 Å². The number of hydrogen-bond acceptors (Lipinski definition) is 4. The number of benzene rings is 1. The van der Waals surface area contributed by atoms with Crippen molar-refractivity contribution in [3.8, 4) is 0 Å². The minimum absolute atomic E-state index is 0.281. The molecule has 1 aliphatic heterocycles. The van der Waals surface area contributed by atoms with Gasteiger partial charge in [0.2, 0.25) is 12.3 Å². The van der Waals surface area contributed by atoms with Crippen molar-refractivity contribution < 1.29 is 19.5 Å². The number of rotatable bonds is 4. The number of nitrogens with one attached hydrogen (secondary N) is 2. The molecule has 7 nitrogen and oxygen atoms in total. The molecular formula is C13H15N3O4. The molecule has 1 aliphatic rings. The van der Waals surface area contributed by atoms with Gasteiger partial charge in [-0.3, -0.25) is 25.2 Å². The van der Waals surface area contributed by atoms with Crippen molar-refractivity contribution in [2.45, 2.75) is 13.0 Å². The minimum atomic E-state index is -1.28. The van der Waals surface area contributed by atoms with Crippen LogP contribution in [-0.4, -0.2) is 29.9 Å². The van der Waals surface area contributed by atoms with Crippen LogP contribution in [0.2, 0.25) is 0 Å². The fraction of sp³-hybridized carbons (Fsp3) is 0.308. The molecule has 0 fully saturated rings. The first-order chi connectivity index (χ1) is 9.61. The number of aliphatic hydroxyl groups is 1. The van der Waals surface area contributed by atoms with E-state index in [1.54, 1.807) is 31.2 Å². The molecule has 106 valence electrons. The normalized spacial score (nSPS) is 21.1. The van der Waals surface area contributed by atoms with E-state index in [2.05, 4.69) is 5.43 Å². The van der Waals surface area contributed by atoms with Crippen LogP contribution in [0.5, 0.6) is 0 Å². The first-order valence-electron chi connectivity index (χ1n) is 6.19. The highest BCUT2D eigenvalue weighted by molar-refractivity contribution is 6.10. The maximum atomic E-state index is 12.3. The second-order valence-electron chi connectivity index (χ2n) is 4.32. The van der Waals surface area contributed by atoms with E-state index in [1.165, 1.54) is 4.90 Å². The van der Waals surface area contributed by atoms with Crippen LogP contribution < -0.4 is 15.8 Å². The van der Waals surface area contributed by atoms with Crippen molar-refractivity contribution in [1.82, 2.24) is 10.9 Å². The monoisotopic (exact) mass is 277 g/mol. The summed E-state index contributed by atoms with van der Waals surface area (Å²) in [6.07, 6.45) is -0.960. The number of fused-ring (bicyclic) bond motifs is 1. The van der Waals surface area contributed by atoms with E-state index in [0.717, 1.165) is 0 Å². The van der Waals surface area contributed by atoms with Crippen LogP contribution in [0.1, 0.15) is 18.6 Å². The molecule has 2 rings (SSSR count). The van der Waals surface area contributed by atoms with Crippen LogP contribution >= 0.6 is 0 Å². The lowest BCUT2D eigenvalue weighted by Gasteiger charge is -2.35. The molecule has 0 aromatic heterocycles. The van der Waals surface area contributed by atoms with Crippen LogP contribution in [0.15, 0.2) is 24.3 Å². The van der Waals surface area contributed by atoms with Crippen LogP contribution in [0, 0.1) is 5.92 Å². The minimum Gasteiger partial charge on any atom is -0.387 e. The molecule has 3 N–H and O–H groups in total. The Morgan fingerprint density at radius 3 is 2.80 bits per heavy atom. The molecule has 7 heteroatoms. The SMILES string of the molecule is CCN1C(=O)C(C(=O)NNC=O)C(O)c2ccccc21. The predicted molar refractivity (Wildman–Crippen MR) is 70.3 cm³/mol. The number of amides is 3. The third-order valence-corrected chi connectivity index (χ3v) is 3.25. The number of hydrazine groups is 1. The van der Waals surface area contributed by atoms with E-state index >= 15 is 0 Å². The summed E-state index contributed by atoms with van der Waals surface area (Å²) in [5.74, 6) is -2.52. The lowest BCUT2D eigenvalue weighted by molar-refractivity contribution is -0.141. The first kappa shape index (κ1) is 14.0. The van der Waals surface area contributed by atoms with Crippen molar-refractivity contribution in [1.29, 1.82) is 0 Å². The molecule has 1 aromatic rings. The van der Waals surface area contributed by atoms with Gasteiger partial charge in [0.1, 0.15) is 12.0 Å². The predicted octanol–water partition coefficient (Wildman–Crippen LogP) is -0.520. The van der Waals surface area contributed by atoms with Gasteiger partial charge in [0.05, 0.1) is 0 Å². The molecule has 0 aliphatic carbocycles. The Hall–Kier alpha value is -2.41. The third kappa shape index (κ3) is 2.23. The highest BCUT2D eigenvalue weighted by Gasteiger charge is 2.43. The number of nitrogens with zero attached hydrogens (tertiary/aromatic N) is 1. The molecule has 2 atom stereocenters. The van der Waals surface area contributed by atoms with Gasteiger partial charge in [0.15, 0.2) is 0 Å². The summed E-state index contributed by atoms with van der Waals surface area (Å²) in [6.45, 7) is 2.17. The molecule has 2 unspecified atom stereocenters. The van der Waals surface area contributed by atoms with Gasteiger partial charge in [0, 0.05) is 17.8 Å². The second-order valence-corrected chi connectivity index (χ2v) is 4.32. The first-order valence-corrected chi connectivity index (χ1v) is 6.19. The molecule has 1 heterocycles. The van der Waals surface area contributed by atoms with E-state index in [-0.39, 0.29) is 6.41 Å². The molecule has 20 heavy (non-hydrogen) atoms. The van der Waals surface area contributed by atoms with Gasteiger partial charge >= 0.3 is 0 Å². The highest BCUT2D eigenvalue weighted by Crippen LogP contribution is 2.37. The number of anilines is 1. The molecule has 0 saturated carbocycles. The molecule has 0 spiro atoms. The molecule has 1 aromatic carbocycles. The van der Waals surface area contributed by atoms with Gasteiger partial charge in [-0.2, -0.15) is 0 Å². The van der Waals surface area contributed by atoms with Crippen LogP contribution in [0.25, 0.3) is 0 Å². The topological polar surface area (TPSA) is 98.7 Å². The maximum Gasteiger partial charge on any atom is 0.254 e. The van der Waals surface area contributed by atoms with Gasteiger partial charge in [-0.1, -0.05) is 18.2 Å².